The maximum Gasteiger partial charge on any atom is 0.410 e. The van der Waals surface area contributed by atoms with Gasteiger partial charge in [0.15, 0.2) is 0 Å². The van der Waals surface area contributed by atoms with Crippen LogP contribution in [0.1, 0.15) is 53.0 Å². The molecule has 2 aliphatic rings. The van der Waals surface area contributed by atoms with Crippen LogP contribution in [0.5, 0.6) is 0 Å². The van der Waals surface area contributed by atoms with Crippen LogP contribution in [0.3, 0.4) is 0 Å². The molecule has 2 saturated heterocycles. The summed E-state index contributed by atoms with van der Waals surface area (Å²) in [5, 5.41) is 0. The summed E-state index contributed by atoms with van der Waals surface area (Å²) < 4.78 is 5.47. The van der Waals surface area contributed by atoms with Gasteiger partial charge < -0.3 is 20.3 Å². The smallest absolute Gasteiger partial charge is 0.410 e. The lowest BCUT2D eigenvalue weighted by Gasteiger charge is -2.39. The first-order chi connectivity index (χ1) is 17.0. The third-order valence-electron chi connectivity index (χ3n) is 6.17. The van der Waals surface area contributed by atoms with Gasteiger partial charge in [-0.2, -0.15) is 0 Å². The van der Waals surface area contributed by atoms with Crippen LogP contribution in [-0.2, 0) is 11.3 Å². The molecule has 3 rings (SSSR count). The SMILES string of the molecule is C=C(/C=C\C(N)=C/C)N1CCC(CN2CCN(C(=O)OCc3ccccc3)CC2)CC1.CC.CC. The van der Waals surface area contributed by atoms with Crippen molar-refractivity contribution in [2.45, 2.75) is 54.1 Å². The summed E-state index contributed by atoms with van der Waals surface area (Å²) in [6.07, 6.45) is 7.95. The number of carbonyl (C=O) groups is 1. The number of allylic oxidation sites excluding steroid dienone is 3. The topological polar surface area (TPSA) is 62.0 Å². The predicted octanol–water partition coefficient (Wildman–Crippen LogP) is 5.64. The van der Waals surface area contributed by atoms with Crippen molar-refractivity contribution in [1.29, 1.82) is 0 Å². The van der Waals surface area contributed by atoms with Crippen LogP contribution in [-0.4, -0.2) is 66.6 Å². The van der Waals surface area contributed by atoms with Crippen molar-refractivity contribution in [2.75, 3.05) is 45.8 Å². The molecule has 196 valence electrons. The minimum absolute atomic E-state index is 0.207. The average molecular weight is 485 g/mol. The number of piperazine rings is 1. The number of nitrogens with zero attached hydrogens (tertiary/aromatic N) is 3. The number of benzene rings is 1. The second-order valence-corrected chi connectivity index (χ2v) is 8.37. The van der Waals surface area contributed by atoms with Crippen molar-refractivity contribution in [3.8, 4) is 0 Å². The summed E-state index contributed by atoms with van der Waals surface area (Å²) in [5.74, 6) is 0.699. The molecular formula is C29H48N4O2. The van der Waals surface area contributed by atoms with Crippen molar-refractivity contribution in [3.05, 3.63) is 72.1 Å². The Kier molecular flexibility index (Phi) is 15.3. The van der Waals surface area contributed by atoms with E-state index in [1.807, 2.05) is 88.1 Å². The molecule has 0 unspecified atom stereocenters. The Morgan fingerprint density at radius 1 is 0.971 bits per heavy atom. The third kappa shape index (κ3) is 11.0. The molecule has 0 aromatic heterocycles. The summed E-state index contributed by atoms with van der Waals surface area (Å²) in [6.45, 7) is 20.9. The zero-order valence-electron chi connectivity index (χ0n) is 22.7. The van der Waals surface area contributed by atoms with Crippen LogP contribution < -0.4 is 5.73 Å². The molecular weight excluding hydrogens is 436 g/mol. The summed E-state index contributed by atoms with van der Waals surface area (Å²) >= 11 is 0. The standard InChI is InChI=1S/C25H36N4O2.2C2H6/c1-3-24(26)10-9-21(2)28-13-11-22(12-14-28)19-27-15-17-29(18-16-27)25(30)31-20-23-7-5-4-6-8-23;2*1-2/h3-10,22H,2,11-20,26H2,1H3;2*1-2H3/b10-9-,24-3+;;. The van der Waals surface area contributed by atoms with Gasteiger partial charge in [-0.15, -0.1) is 0 Å². The van der Waals surface area contributed by atoms with E-state index in [0.717, 1.165) is 62.8 Å². The molecule has 2 aliphatic heterocycles. The number of piperidine rings is 1. The Labute approximate surface area is 214 Å². The molecule has 1 aromatic rings. The van der Waals surface area contributed by atoms with Crippen molar-refractivity contribution in [3.63, 3.8) is 0 Å². The van der Waals surface area contributed by atoms with Crippen molar-refractivity contribution in [1.82, 2.24) is 14.7 Å². The zero-order chi connectivity index (χ0) is 26.1. The van der Waals surface area contributed by atoms with Gasteiger partial charge in [-0.1, -0.05) is 70.7 Å². The highest BCUT2D eigenvalue weighted by atomic mass is 16.6. The largest absolute Gasteiger partial charge is 0.445 e. The maximum absolute atomic E-state index is 12.3. The summed E-state index contributed by atoms with van der Waals surface area (Å²) in [5.41, 5.74) is 8.64. The fraction of sp³-hybridized carbons (Fsp3) is 0.552. The predicted molar refractivity (Wildman–Crippen MR) is 148 cm³/mol. The van der Waals surface area contributed by atoms with Crippen LogP contribution in [0, 0.1) is 5.92 Å². The Morgan fingerprint density at radius 2 is 1.57 bits per heavy atom. The highest BCUT2D eigenvalue weighted by molar-refractivity contribution is 5.67. The Bertz CT molecular complexity index is 775. The van der Waals surface area contributed by atoms with E-state index < -0.39 is 0 Å². The van der Waals surface area contributed by atoms with Crippen LogP contribution >= 0.6 is 0 Å². The van der Waals surface area contributed by atoms with Gasteiger partial charge in [-0.25, -0.2) is 4.79 Å². The Hall–Kier alpha value is -2.73. The minimum Gasteiger partial charge on any atom is -0.445 e. The van der Waals surface area contributed by atoms with Gasteiger partial charge in [-0.05, 0) is 43.4 Å². The van der Waals surface area contributed by atoms with E-state index in [2.05, 4.69) is 16.4 Å². The van der Waals surface area contributed by atoms with E-state index in [1.54, 1.807) is 0 Å². The second kappa shape index (κ2) is 17.7. The fourth-order valence-electron chi connectivity index (χ4n) is 4.09. The monoisotopic (exact) mass is 484 g/mol. The van der Waals surface area contributed by atoms with E-state index in [0.29, 0.717) is 12.5 Å². The first-order valence-corrected chi connectivity index (χ1v) is 13.3. The molecule has 2 heterocycles. The van der Waals surface area contributed by atoms with Crippen molar-refractivity contribution < 1.29 is 9.53 Å². The van der Waals surface area contributed by atoms with E-state index in [-0.39, 0.29) is 6.09 Å². The first-order valence-electron chi connectivity index (χ1n) is 13.3. The summed E-state index contributed by atoms with van der Waals surface area (Å²) in [7, 11) is 0. The number of hydrogen-bond donors (Lipinski definition) is 1. The molecule has 0 saturated carbocycles. The van der Waals surface area contributed by atoms with Gasteiger partial charge in [0.1, 0.15) is 6.61 Å². The van der Waals surface area contributed by atoms with Crippen LogP contribution in [0.2, 0.25) is 0 Å². The number of hydrogen-bond acceptors (Lipinski definition) is 5. The average Bonchev–Trinajstić information content (AvgIpc) is 2.93. The highest BCUT2D eigenvalue weighted by Crippen LogP contribution is 2.22. The van der Waals surface area contributed by atoms with Gasteiger partial charge in [0.05, 0.1) is 0 Å². The Balaban J connectivity index is 0.00000145. The number of ether oxygens (including phenoxy) is 1. The molecule has 6 heteroatoms. The molecule has 6 nitrogen and oxygen atoms in total. The van der Waals surface area contributed by atoms with E-state index >= 15 is 0 Å². The highest BCUT2D eigenvalue weighted by Gasteiger charge is 2.26. The minimum atomic E-state index is -0.207. The Morgan fingerprint density at radius 3 is 2.14 bits per heavy atom. The molecule has 1 amide bonds. The van der Waals surface area contributed by atoms with Crippen molar-refractivity contribution >= 4 is 6.09 Å². The lowest BCUT2D eigenvalue weighted by molar-refractivity contribution is 0.0641. The van der Waals surface area contributed by atoms with Crippen molar-refractivity contribution in [2.24, 2.45) is 11.7 Å². The van der Waals surface area contributed by atoms with Crippen LogP contribution in [0.25, 0.3) is 0 Å². The van der Waals surface area contributed by atoms with Gasteiger partial charge in [0.25, 0.3) is 0 Å². The van der Waals surface area contributed by atoms with Gasteiger partial charge >= 0.3 is 6.09 Å². The quantitative estimate of drug-likeness (QED) is 0.508. The number of likely N-dealkylation sites (tertiary alicyclic amines) is 1. The van der Waals surface area contributed by atoms with Gasteiger partial charge in [0, 0.05) is 57.2 Å². The second-order valence-electron chi connectivity index (χ2n) is 8.37. The van der Waals surface area contributed by atoms with Gasteiger partial charge in [0.2, 0.25) is 0 Å². The molecule has 0 aliphatic carbocycles. The van der Waals surface area contributed by atoms with Gasteiger partial charge in [-0.3, -0.25) is 4.90 Å². The summed E-state index contributed by atoms with van der Waals surface area (Å²) in [4.78, 5) is 19.0. The lowest BCUT2D eigenvalue weighted by Crippen LogP contribution is -2.50. The third-order valence-corrected chi connectivity index (χ3v) is 6.17. The van der Waals surface area contributed by atoms with E-state index in [9.17, 15) is 4.79 Å². The fourth-order valence-corrected chi connectivity index (χ4v) is 4.09. The number of nitrogens with two attached hydrogens (primary N) is 1. The lowest BCUT2D eigenvalue weighted by atomic mass is 9.95. The molecule has 2 fully saturated rings. The molecule has 0 radical (unpaired) electrons. The first kappa shape index (κ1) is 30.3. The summed E-state index contributed by atoms with van der Waals surface area (Å²) in [6, 6.07) is 9.82. The molecule has 0 atom stereocenters. The number of rotatable bonds is 7. The zero-order valence-corrected chi connectivity index (χ0v) is 22.7. The van der Waals surface area contributed by atoms with E-state index in [1.165, 1.54) is 12.8 Å². The molecule has 2 N–H and O–H groups in total. The molecule has 1 aromatic carbocycles. The molecule has 35 heavy (non-hydrogen) atoms. The van der Waals surface area contributed by atoms with E-state index in [4.69, 9.17) is 10.5 Å². The van der Waals surface area contributed by atoms with Crippen LogP contribution in [0.15, 0.2) is 66.5 Å². The molecule has 0 spiro atoms. The normalized spacial score (nSPS) is 17.2. The maximum atomic E-state index is 12.3. The number of amides is 1. The number of carbonyl (C=O) groups excluding carboxylic acids is 1. The van der Waals surface area contributed by atoms with Crippen LogP contribution in [0.4, 0.5) is 4.79 Å². The molecule has 0 bridgehead atoms.